The highest BCUT2D eigenvalue weighted by Gasteiger charge is 2.17. The van der Waals surface area contributed by atoms with Gasteiger partial charge in [0.2, 0.25) is 0 Å². The lowest BCUT2D eigenvalue weighted by atomic mass is 9.96. The molecule has 1 saturated heterocycles. The summed E-state index contributed by atoms with van der Waals surface area (Å²) in [4.78, 5) is 7.12. The van der Waals surface area contributed by atoms with Gasteiger partial charge in [0.15, 0.2) is 0 Å². The number of hydrogen-bond acceptors (Lipinski definition) is 4. The van der Waals surface area contributed by atoms with Crippen LogP contribution in [0.1, 0.15) is 49.7 Å². The largest absolute Gasteiger partial charge is 0.325 e. The van der Waals surface area contributed by atoms with E-state index in [9.17, 15) is 0 Å². The third-order valence-corrected chi connectivity index (χ3v) is 4.72. The molecule has 1 fully saturated rings. The third-order valence-electron chi connectivity index (χ3n) is 3.80. The van der Waals surface area contributed by atoms with Crippen molar-refractivity contribution in [2.45, 2.75) is 52.1 Å². The van der Waals surface area contributed by atoms with Crippen molar-refractivity contribution in [3.05, 3.63) is 16.1 Å². The summed E-state index contributed by atoms with van der Waals surface area (Å²) in [7, 11) is 0. The van der Waals surface area contributed by atoms with Crippen LogP contribution in [0.15, 0.2) is 5.38 Å². The average Bonchev–Trinajstić information content (AvgIpc) is 2.71. The fraction of sp³-hybridized carbons (Fsp3) is 0.786. The SMILES string of the molecule is CCCC1CCCN(Cc2csc(CN)n2)CC1. The summed E-state index contributed by atoms with van der Waals surface area (Å²) in [5.74, 6) is 0.954. The first-order valence-electron chi connectivity index (χ1n) is 7.17. The van der Waals surface area contributed by atoms with Gasteiger partial charge in [-0.2, -0.15) is 0 Å². The first-order valence-corrected chi connectivity index (χ1v) is 8.05. The lowest BCUT2D eigenvalue weighted by molar-refractivity contribution is 0.268. The van der Waals surface area contributed by atoms with Crippen LogP contribution in [0, 0.1) is 5.92 Å². The molecule has 2 rings (SSSR count). The molecule has 1 atom stereocenters. The second-order valence-corrected chi connectivity index (χ2v) is 6.24. The molecule has 2 N–H and O–H groups in total. The highest BCUT2D eigenvalue weighted by atomic mass is 32.1. The number of nitrogens with two attached hydrogens (primary N) is 1. The van der Waals surface area contributed by atoms with Gasteiger partial charge in [0.25, 0.3) is 0 Å². The summed E-state index contributed by atoms with van der Waals surface area (Å²) in [5, 5.41) is 3.22. The molecule has 0 spiro atoms. The van der Waals surface area contributed by atoms with Crippen LogP contribution >= 0.6 is 11.3 Å². The van der Waals surface area contributed by atoms with Crippen LogP contribution in [0.2, 0.25) is 0 Å². The van der Waals surface area contributed by atoms with Crippen LogP contribution in [0.3, 0.4) is 0 Å². The van der Waals surface area contributed by atoms with Crippen molar-refractivity contribution < 1.29 is 0 Å². The van der Waals surface area contributed by atoms with E-state index < -0.39 is 0 Å². The van der Waals surface area contributed by atoms with Crippen molar-refractivity contribution in [1.82, 2.24) is 9.88 Å². The van der Waals surface area contributed by atoms with Crippen molar-refractivity contribution in [2.75, 3.05) is 13.1 Å². The van der Waals surface area contributed by atoms with Gasteiger partial charge in [-0.3, -0.25) is 4.90 Å². The molecule has 1 aromatic heterocycles. The minimum absolute atomic E-state index is 0.573. The summed E-state index contributed by atoms with van der Waals surface area (Å²) in [5.41, 5.74) is 6.81. The fourth-order valence-electron chi connectivity index (χ4n) is 2.82. The molecule has 1 unspecified atom stereocenters. The van der Waals surface area contributed by atoms with E-state index in [1.807, 2.05) is 0 Å². The molecule has 3 nitrogen and oxygen atoms in total. The molecular formula is C14H25N3S. The zero-order valence-electron chi connectivity index (χ0n) is 11.4. The van der Waals surface area contributed by atoms with Gasteiger partial charge in [-0.15, -0.1) is 11.3 Å². The van der Waals surface area contributed by atoms with E-state index in [1.54, 1.807) is 11.3 Å². The van der Waals surface area contributed by atoms with E-state index in [0.717, 1.165) is 17.5 Å². The van der Waals surface area contributed by atoms with Crippen LogP contribution in [-0.4, -0.2) is 23.0 Å². The summed E-state index contributed by atoms with van der Waals surface area (Å²) >= 11 is 1.69. The van der Waals surface area contributed by atoms with E-state index in [0.29, 0.717) is 6.54 Å². The topological polar surface area (TPSA) is 42.1 Å². The number of aromatic nitrogens is 1. The second-order valence-electron chi connectivity index (χ2n) is 5.30. The first kappa shape index (κ1) is 14.0. The molecule has 1 aliphatic rings. The lowest BCUT2D eigenvalue weighted by Crippen LogP contribution is -2.24. The number of likely N-dealkylation sites (tertiary alicyclic amines) is 1. The fourth-order valence-corrected chi connectivity index (χ4v) is 3.49. The lowest BCUT2D eigenvalue weighted by Gasteiger charge is -2.18. The molecule has 0 aromatic carbocycles. The Labute approximate surface area is 114 Å². The Morgan fingerprint density at radius 2 is 2.33 bits per heavy atom. The van der Waals surface area contributed by atoms with Crippen molar-refractivity contribution in [2.24, 2.45) is 11.7 Å². The predicted octanol–water partition coefficient (Wildman–Crippen LogP) is 3.00. The van der Waals surface area contributed by atoms with Gasteiger partial charge in [0.1, 0.15) is 5.01 Å². The highest BCUT2D eigenvalue weighted by Crippen LogP contribution is 2.23. The van der Waals surface area contributed by atoms with Crippen molar-refractivity contribution in [1.29, 1.82) is 0 Å². The maximum atomic E-state index is 5.61. The first-order chi connectivity index (χ1) is 8.81. The summed E-state index contributed by atoms with van der Waals surface area (Å²) in [6.45, 7) is 6.35. The van der Waals surface area contributed by atoms with Gasteiger partial charge in [0, 0.05) is 18.5 Å². The molecule has 0 saturated carbocycles. The Morgan fingerprint density at radius 1 is 1.44 bits per heavy atom. The van der Waals surface area contributed by atoms with Gasteiger partial charge in [0.05, 0.1) is 5.69 Å². The quantitative estimate of drug-likeness (QED) is 0.891. The molecule has 0 radical (unpaired) electrons. The normalized spacial score (nSPS) is 22.0. The van der Waals surface area contributed by atoms with E-state index in [-0.39, 0.29) is 0 Å². The van der Waals surface area contributed by atoms with Crippen LogP contribution in [-0.2, 0) is 13.1 Å². The molecule has 2 heterocycles. The molecular weight excluding hydrogens is 242 g/mol. The van der Waals surface area contributed by atoms with Crippen molar-refractivity contribution >= 4 is 11.3 Å². The van der Waals surface area contributed by atoms with E-state index in [2.05, 4.69) is 22.2 Å². The minimum atomic E-state index is 0.573. The molecule has 0 aliphatic carbocycles. The molecule has 0 amide bonds. The number of rotatable bonds is 5. The smallest absolute Gasteiger partial charge is 0.106 e. The minimum Gasteiger partial charge on any atom is -0.325 e. The maximum Gasteiger partial charge on any atom is 0.106 e. The summed E-state index contributed by atoms with van der Waals surface area (Å²) < 4.78 is 0. The molecule has 102 valence electrons. The molecule has 4 heteroatoms. The maximum absolute atomic E-state index is 5.61. The molecule has 1 aromatic rings. The molecule has 1 aliphatic heterocycles. The zero-order valence-corrected chi connectivity index (χ0v) is 12.2. The van der Waals surface area contributed by atoms with Crippen LogP contribution in [0.25, 0.3) is 0 Å². The van der Waals surface area contributed by atoms with Gasteiger partial charge in [-0.25, -0.2) is 4.98 Å². The monoisotopic (exact) mass is 267 g/mol. The van der Waals surface area contributed by atoms with Crippen LogP contribution < -0.4 is 5.73 Å². The zero-order chi connectivity index (χ0) is 12.8. The highest BCUT2D eigenvalue weighted by molar-refractivity contribution is 7.09. The number of nitrogens with zero attached hydrogens (tertiary/aromatic N) is 2. The molecule has 18 heavy (non-hydrogen) atoms. The van der Waals surface area contributed by atoms with Gasteiger partial charge in [-0.1, -0.05) is 19.8 Å². The summed E-state index contributed by atoms with van der Waals surface area (Å²) in [6.07, 6.45) is 6.86. The second kappa shape index (κ2) is 7.22. The Bertz CT molecular complexity index is 351. The summed E-state index contributed by atoms with van der Waals surface area (Å²) in [6, 6.07) is 0. The Hall–Kier alpha value is -0.450. The van der Waals surface area contributed by atoms with Gasteiger partial charge in [-0.05, 0) is 38.3 Å². The van der Waals surface area contributed by atoms with Gasteiger partial charge >= 0.3 is 0 Å². The van der Waals surface area contributed by atoms with Gasteiger partial charge < -0.3 is 5.73 Å². The standard InChI is InChI=1S/C14H25N3S/c1-2-4-12-5-3-7-17(8-6-12)10-13-11-18-14(9-15)16-13/h11-12H,2-10,15H2,1H3. The van der Waals surface area contributed by atoms with E-state index in [1.165, 1.54) is 50.9 Å². The Kier molecular flexibility index (Phi) is 5.60. The van der Waals surface area contributed by atoms with E-state index >= 15 is 0 Å². The molecule has 0 bridgehead atoms. The predicted molar refractivity (Wildman–Crippen MR) is 77.5 cm³/mol. The Balaban J connectivity index is 1.82. The van der Waals surface area contributed by atoms with Crippen LogP contribution in [0.5, 0.6) is 0 Å². The van der Waals surface area contributed by atoms with E-state index in [4.69, 9.17) is 5.73 Å². The number of hydrogen-bond donors (Lipinski definition) is 1. The average molecular weight is 267 g/mol. The third kappa shape index (κ3) is 4.04. The number of thiazole rings is 1. The Morgan fingerprint density at radius 3 is 3.06 bits per heavy atom. The van der Waals surface area contributed by atoms with Crippen molar-refractivity contribution in [3.8, 4) is 0 Å². The van der Waals surface area contributed by atoms with Crippen LogP contribution in [0.4, 0.5) is 0 Å². The van der Waals surface area contributed by atoms with Crippen molar-refractivity contribution in [3.63, 3.8) is 0 Å².